The minimum atomic E-state index is 0.0204. The Labute approximate surface area is 99.0 Å². The molecule has 1 aliphatic rings. The van der Waals surface area contributed by atoms with Crippen LogP contribution in [0, 0.1) is 0 Å². The number of hydrogen-bond donors (Lipinski definition) is 2. The van der Waals surface area contributed by atoms with Crippen LogP contribution >= 0.6 is 0 Å². The Hall–Kier alpha value is -0.160. The fraction of sp³-hybridized carbons (Fsp3) is 1.00. The topological polar surface area (TPSA) is 44.7 Å². The molecule has 4 nitrogen and oxygen atoms in total. The van der Waals surface area contributed by atoms with Gasteiger partial charge >= 0.3 is 0 Å². The molecule has 0 aliphatic carbocycles. The van der Waals surface area contributed by atoms with Crippen LogP contribution in [0.5, 0.6) is 0 Å². The normalized spacial score (nSPS) is 29.2. The van der Waals surface area contributed by atoms with E-state index in [4.69, 9.17) is 9.84 Å². The van der Waals surface area contributed by atoms with Crippen molar-refractivity contribution >= 4 is 0 Å². The SMILES string of the molecule is CNC(CO)CCN1CCCC(C)(OC)C1. The average Bonchev–Trinajstić information content (AvgIpc) is 2.31. The van der Waals surface area contributed by atoms with E-state index in [1.165, 1.54) is 6.42 Å². The summed E-state index contributed by atoms with van der Waals surface area (Å²) in [6.07, 6.45) is 3.34. The summed E-state index contributed by atoms with van der Waals surface area (Å²) in [5.41, 5.74) is 0.0204. The van der Waals surface area contributed by atoms with Crippen molar-refractivity contribution < 1.29 is 9.84 Å². The van der Waals surface area contributed by atoms with E-state index in [0.29, 0.717) is 0 Å². The van der Waals surface area contributed by atoms with Crippen molar-refractivity contribution in [3.05, 3.63) is 0 Å². The van der Waals surface area contributed by atoms with Gasteiger partial charge in [0.25, 0.3) is 0 Å². The molecule has 0 saturated carbocycles. The highest BCUT2D eigenvalue weighted by Crippen LogP contribution is 2.23. The number of nitrogens with one attached hydrogen (secondary N) is 1. The lowest BCUT2D eigenvalue weighted by atomic mass is 9.94. The van der Waals surface area contributed by atoms with Crippen LogP contribution < -0.4 is 5.32 Å². The summed E-state index contributed by atoms with van der Waals surface area (Å²) in [5.74, 6) is 0. The number of likely N-dealkylation sites (N-methyl/N-ethyl adjacent to an activating group) is 1. The standard InChI is InChI=1S/C12H26N2O2/c1-12(16-3)6-4-7-14(10-12)8-5-11(9-15)13-2/h11,13,15H,4-10H2,1-3H3. The predicted molar refractivity (Wildman–Crippen MR) is 65.6 cm³/mol. The van der Waals surface area contributed by atoms with Gasteiger partial charge in [-0.15, -0.1) is 0 Å². The van der Waals surface area contributed by atoms with Crippen LogP contribution in [0.3, 0.4) is 0 Å². The van der Waals surface area contributed by atoms with E-state index in [0.717, 1.165) is 32.5 Å². The highest BCUT2D eigenvalue weighted by molar-refractivity contribution is 4.85. The van der Waals surface area contributed by atoms with E-state index in [1.54, 1.807) is 7.11 Å². The molecule has 1 fully saturated rings. The highest BCUT2D eigenvalue weighted by atomic mass is 16.5. The molecule has 0 aromatic carbocycles. The van der Waals surface area contributed by atoms with E-state index in [-0.39, 0.29) is 18.2 Å². The Morgan fingerprint density at radius 1 is 1.56 bits per heavy atom. The van der Waals surface area contributed by atoms with Crippen molar-refractivity contribution in [1.82, 2.24) is 10.2 Å². The second-order valence-corrected chi connectivity index (χ2v) is 4.99. The molecule has 2 unspecified atom stereocenters. The summed E-state index contributed by atoms with van der Waals surface area (Å²) in [6, 6.07) is 0.218. The summed E-state index contributed by atoms with van der Waals surface area (Å²) in [6.45, 7) is 5.59. The molecule has 16 heavy (non-hydrogen) atoms. The third kappa shape index (κ3) is 4.01. The van der Waals surface area contributed by atoms with Crippen LogP contribution in [0.15, 0.2) is 0 Å². The number of piperidine rings is 1. The quantitative estimate of drug-likeness (QED) is 0.696. The van der Waals surface area contributed by atoms with Gasteiger partial charge in [0.1, 0.15) is 0 Å². The van der Waals surface area contributed by atoms with E-state index in [9.17, 15) is 0 Å². The number of ether oxygens (including phenoxy) is 1. The summed E-state index contributed by atoms with van der Waals surface area (Å²) in [5, 5.41) is 12.2. The second-order valence-electron chi connectivity index (χ2n) is 4.99. The van der Waals surface area contributed by atoms with Crippen LogP contribution in [0.1, 0.15) is 26.2 Å². The fourth-order valence-corrected chi connectivity index (χ4v) is 2.33. The summed E-state index contributed by atoms with van der Waals surface area (Å²) < 4.78 is 5.56. The van der Waals surface area contributed by atoms with Gasteiger partial charge in [0.15, 0.2) is 0 Å². The van der Waals surface area contributed by atoms with E-state index in [2.05, 4.69) is 17.1 Å². The Bertz CT molecular complexity index is 197. The summed E-state index contributed by atoms with van der Waals surface area (Å²) in [4.78, 5) is 2.44. The summed E-state index contributed by atoms with van der Waals surface area (Å²) >= 11 is 0. The van der Waals surface area contributed by atoms with Gasteiger partial charge in [-0.1, -0.05) is 0 Å². The predicted octanol–water partition coefficient (Wildman–Crippen LogP) is 0.458. The molecule has 0 aromatic heterocycles. The zero-order valence-corrected chi connectivity index (χ0v) is 10.8. The molecule has 4 heteroatoms. The van der Waals surface area contributed by atoms with Crippen LogP contribution in [-0.2, 0) is 4.74 Å². The van der Waals surface area contributed by atoms with Gasteiger partial charge in [0.05, 0.1) is 12.2 Å². The molecule has 0 bridgehead atoms. The maximum absolute atomic E-state index is 9.10. The Balaban J connectivity index is 2.32. The van der Waals surface area contributed by atoms with Gasteiger partial charge in [-0.3, -0.25) is 0 Å². The lowest BCUT2D eigenvalue weighted by Crippen LogP contribution is -2.48. The molecule has 96 valence electrons. The molecule has 1 aliphatic heterocycles. The molecule has 1 rings (SSSR count). The smallest absolute Gasteiger partial charge is 0.0777 e. The Morgan fingerprint density at radius 3 is 2.88 bits per heavy atom. The number of rotatable bonds is 6. The fourth-order valence-electron chi connectivity index (χ4n) is 2.33. The third-order valence-corrected chi connectivity index (χ3v) is 3.65. The molecular formula is C12H26N2O2. The van der Waals surface area contributed by atoms with E-state index >= 15 is 0 Å². The number of methoxy groups -OCH3 is 1. The minimum absolute atomic E-state index is 0.0204. The van der Waals surface area contributed by atoms with Gasteiger partial charge < -0.3 is 20.1 Å². The van der Waals surface area contributed by atoms with Gasteiger partial charge in [-0.25, -0.2) is 0 Å². The molecule has 0 aromatic rings. The van der Waals surface area contributed by atoms with E-state index < -0.39 is 0 Å². The third-order valence-electron chi connectivity index (χ3n) is 3.65. The number of aliphatic hydroxyl groups is 1. The maximum atomic E-state index is 9.10. The summed E-state index contributed by atoms with van der Waals surface area (Å²) in [7, 11) is 3.70. The number of aliphatic hydroxyl groups excluding tert-OH is 1. The van der Waals surface area contributed by atoms with Gasteiger partial charge in [-0.2, -0.15) is 0 Å². The first-order valence-corrected chi connectivity index (χ1v) is 6.19. The van der Waals surface area contributed by atoms with Crippen molar-refractivity contribution in [2.75, 3.05) is 40.4 Å². The minimum Gasteiger partial charge on any atom is -0.395 e. The first-order chi connectivity index (χ1) is 7.63. The van der Waals surface area contributed by atoms with Gasteiger partial charge in [0, 0.05) is 19.7 Å². The van der Waals surface area contributed by atoms with Gasteiger partial charge in [0.2, 0.25) is 0 Å². The molecule has 2 N–H and O–H groups in total. The number of hydrogen-bond acceptors (Lipinski definition) is 4. The van der Waals surface area contributed by atoms with E-state index in [1.807, 2.05) is 7.05 Å². The van der Waals surface area contributed by atoms with Crippen molar-refractivity contribution in [1.29, 1.82) is 0 Å². The van der Waals surface area contributed by atoms with Crippen molar-refractivity contribution in [3.8, 4) is 0 Å². The first kappa shape index (κ1) is 13.9. The van der Waals surface area contributed by atoms with Crippen LogP contribution in [-0.4, -0.2) is 62.0 Å². The lowest BCUT2D eigenvalue weighted by Gasteiger charge is -2.39. The van der Waals surface area contributed by atoms with Crippen LogP contribution in [0.4, 0.5) is 0 Å². The Morgan fingerprint density at radius 2 is 2.31 bits per heavy atom. The van der Waals surface area contributed by atoms with Crippen molar-refractivity contribution in [3.63, 3.8) is 0 Å². The maximum Gasteiger partial charge on any atom is 0.0777 e. The number of likely N-dealkylation sites (tertiary alicyclic amines) is 1. The highest BCUT2D eigenvalue weighted by Gasteiger charge is 2.30. The molecule has 1 saturated heterocycles. The molecule has 0 radical (unpaired) electrons. The second kappa shape index (κ2) is 6.55. The zero-order chi connectivity index (χ0) is 12.0. The number of nitrogens with zero attached hydrogens (tertiary/aromatic N) is 1. The molecular weight excluding hydrogens is 204 g/mol. The Kier molecular flexibility index (Phi) is 5.69. The van der Waals surface area contributed by atoms with Crippen molar-refractivity contribution in [2.24, 2.45) is 0 Å². The largest absolute Gasteiger partial charge is 0.395 e. The molecule has 0 amide bonds. The average molecular weight is 230 g/mol. The van der Waals surface area contributed by atoms with Crippen LogP contribution in [0.25, 0.3) is 0 Å². The molecule has 2 atom stereocenters. The monoisotopic (exact) mass is 230 g/mol. The van der Waals surface area contributed by atoms with Crippen molar-refractivity contribution in [2.45, 2.75) is 37.8 Å². The lowest BCUT2D eigenvalue weighted by molar-refractivity contribution is -0.0513. The van der Waals surface area contributed by atoms with Crippen LogP contribution in [0.2, 0.25) is 0 Å². The zero-order valence-electron chi connectivity index (χ0n) is 10.8. The molecule has 0 spiro atoms. The molecule has 1 heterocycles. The first-order valence-electron chi connectivity index (χ1n) is 6.19. The van der Waals surface area contributed by atoms with Gasteiger partial charge in [-0.05, 0) is 46.3 Å².